The second kappa shape index (κ2) is 4.17. The number of aromatic hydroxyl groups is 1. The molecule has 1 aromatic carbocycles. The van der Waals surface area contributed by atoms with E-state index in [1.165, 1.54) is 19.2 Å². The molecule has 0 spiro atoms. The molecule has 0 aliphatic heterocycles. The van der Waals surface area contributed by atoms with Gasteiger partial charge in [-0.3, -0.25) is 0 Å². The maximum Gasteiger partial charge on any atom is 0.361 e. The number of methoxy groups -OCH3 is 1. The number of nitrogen functional groups attached to an aromatic ring is 1. The summed E-state index contributed by atoms with van der Waals surface area (Å²) in [7, 11) is 1.24. The third-order valence-corrected chi connectivity index (χ3v) is 2.25. The highest BCUT2D eigenvalue weighted by Crippen LogP contribution is 2.30. The van der Waals surface area contributed by atoms with E-state index < -0.39 is 5.97 Å². The van der Waals surface area contributed by atoms with Gasteiger partial charge >= 0.3 is 5.97 Å². The summed E-state index contributed by atoms with van der Waals surface area (Å²) in [6.07, 6.45) is 0. The molecule has 0 bridgehead atoms. The van der Waals surface area contributed by atoms with E-state index in [0.29, 0.717) is 11.1 Å². The largest absolute Gasteiger partial charge is 0.508 e. The molecule has 2 rings (SSSR count). The number of nitrogens with zero attached hydrogens (tertiary/aromatic N) is 1. The summed E-state index contributed by atoms with van der Waals surface area (Å²) in [5.74, 6) is -0.493. The van der Waals surface area contributed by atoms with Gasteiger partial charge in [0.1, 0.15) is 5.75 Å². The molecule has 0 atom stereocenters. The number of nitrogens with two attached hydrogens (primary N) is 1. The molecule has 0 fully saturated rings. The minimum Gasteiger partial charge on any atom is -0.508 e. The van der Waals surface area contributed by atoms with E-state index in [0.717, 1.165) is 0 Å². The molecule has 0 aliphatic rings. The van der Waals surface area contributed by atoms with E-state index in [2.05, 4.69) is 9.89 Å². The lowest BCUT2D eigenvalue weighted by Gasteiger charge is -2.01. The highest BCUT2D eigenvalue weighted by Gasteiger charge is 2.22. The number of phenolic OH excluding ortho intramolecular Hbond substituents is 1. The number of rotatable bonds is 2. The van der Waals surface area contributed by atoms with E-state index >= 15 is 0 Å². The number of ether oxygens (including phenoxy) is 1. The van der Waals surface area contributed by atoms with Gasteiger partial charge in [-0.2, -0.15) is 0 Å². The van der Waals surface area contributed by atoms with Crippen molar-refractivity contribution in [3.63, 3.8) is 0 Å². The lowest BCUT2D eigenvalue weighted by molar-refractivity contribution is 0.0590. The van der Waals surface area contributed by atoms with Crippen LogP contribution in [0.5, 0.6) is 5.75 Å². The standard InChI is InChI=1S/C11H10N2O4/c1-16-11(15)9-8(10(12)17-13-9)6-2-4-7(14)5-3-6/h2-5,14H,12H2,1H3. The van der Waals surface area contributed by atoms with Crippen LogP contribution in [0.15, 0.2) is 28.8 Å². The third-order valence-electron chi connectivity index (χ3n) is 2.25. The Bertz CT molecular complexity index is 545. The Labute approximate surface area is 96.6 Å². The first kappa shape index (κ1) is 11.0. The van der Waals surface area contributed by atoms with Gasteiger partial charge in [0, 0.05) is 0 Å². The van der Waals surface area contributed by atoms with Crippen LogP contribution in [-0.2, 0) is 4.74 Å². The number of esters is 1. The Balaban J connectivity index is 2.54. The highest BCUT2D eigenvalue weighted by atomic mass is 16.5. The smallest absolute Gasteiger partial charge is 0.361 e. The first-order valence-corrected chi connectivity index (χ1v) is 4.76. The van der Waals surface area contributed by atoms with Crippen molar-refractivity contribution in [3.8, 4) is 16.9 Å². The van der Waals surface area contributed by atoms with Crippen molar-refractivity contribution < 1.29 is 19.2 Å². The molecule has 0 amide bonds. The Morgan fingerprint density at radius 1 is 1.41 bits per heavy atom. The molecule has 1 heterocycles. The van der Waals surface area contributed by atoms with Gasteiger partial charge in [0.15, 0.2) is 0 Å². The maximum atomic E-state index is 11.4. The average molecular weight is 234 g/mol. The van der Waals surface area contributed by atoms with Crippen LogP contribution < -0.4 is 5.73 Å². The molecule has 0 aliphatic carbocycles. The van der Waals surface area contributed by atoms with Crippen molar-refractivity contribution in [2.24, 2.45) is 0 Å². The van der Waals surface area contributed by atoms with Gasteiger partial charge in [-0.15, -0.1) is 0 Å². The first-order valence-electron chi connectivity index (χ1n) is 4.76. The molecule has 17 heavy (non-hydrogen) atoms. The molecular weight excluding hydrogens is 224 g/mol. The highest BCUT2D eigenvalue weighted by molar-refractivity contribution is 5.97. The van der Waals surface area contributed by atoms with Crippen LogP contribution in [0.1, 0.15) is 10.5 Å². The first-order chi connectivity index (χ1) is 8.13. The number of benzene rings is 1. The molecule has 88 valence electrons. The Morgan fingerprint density at radius 3 is 2.65 bits per heavy atom. The molecular formula is C11H10N2O4. The number of carbonyl (C=O) groups excluding carboxylic acids is 1. The topological polar surface area (TPSA) is 98.6 Å². The van der Waals surface area contributed by atoms with Gasteiger partial charge in [0.05, 0.1) is 12.7 Å². The zero-order valence-electron chi connectivity index (χ0n) is 9.01. The van der Waals surface area contributed by atoms with Crippen molar-refractivity contribution in [2.75, 3.05) is 12.8 Å². The molecule has 1 aromatic heterocycles. The van der Waals surface area contributed by atoms with Gasteiger partial charge in [-0.1, -0.05) is 17.3 Å². The summed E-state index contributed by atoms with van der Waals surface area (Å²) in [4.78, 5) is 11.4. The Kier molecular flexibility index (Phi) is 2.70. The lowest BCUT2D eigenvalue weighted by atomic mass is 10.1. The van der Waals surface area contributed by atoms with Crippen LogP contribution in [0.4, 0.5) is 5.88 Å². The molecule has 0 saturated heterocycles. The van der Waals surface area contributed by atoms with E-state index in [9.17, 15) is 9.90 Å². The van der Waals surface area contributed by atoms with Crippen molar-refractivity contribution in [2.45, 2.75) is 0 Å². The summed E-state index contributed by atoms with van der Waals surface area (Å²) in [6.45, 7) is 0. The Hall–Kier alpha value is -2.50. The van der Waals surface area contributed by atoms with Crippen LogP contribution >= 0.6 is 0 Å². The van der Waals surface area contributed by atoms with E-state index in [-0.39, 0.29) is 17.3 Å². The predicted molar refractivity (Wildman–Crippen MR) is 59.4 cm³/mol. The van der Waals surface area contributed by atoms with Gasteiger partial charge in [0.2, 0.25) is 11.6 Å². The number of aromatic nitrogens is 1. The molecule has 2 aromatic rings. The van der Waals surface area contributed by atoms with Crippen molar-refractivity contribution >= 4 is 11.9 Å². The fourth-order valence-corrected chi connectivity index (χ4v) is 1.45. The van der Waals surface area contributed by atoms with E-state index in [4.69, 9.17) is 10.3 Å². The fraction of sp³-hybridized carbons (Fsp3) is 0.0909. The van der Waals surface area contributed by atoms with Gasteiger partial charge in [-0.05, 0) is 17.7 Å². The minimum absolute atomic E-state index is 0.00990. The van der Waals surface area contributed by atoms with Gasteiger partial charge in [0.25, 0.3) is 0 Å². The molecule has 6 nitrogen and oxygen atoms in total. The average Bonchev–Trinajstić information content (AvgIpc) is 2.71. The van der Waals surface area contributed by atoms with E-state index in [1.54, 1.807) is 12.1 Å². The fourth-order valence-electron chi connectivity index (χ4n) is 1.45. The van der Waals surface area contributed by atoms with Crippen molar-refractivity contribution in [1.82, 2.24) is 5.16 Å². The second-order valence-corrected chi connectivity index (χ2v) is 3.31. The quantitative estimate of drug-likeness (QED) is 0.762. The van der Waals surface area contributed by atoms with Crippen LogP contribution in [0.2, 0.25) is 0 Å². The monoisotopic (exact) mass is 234 g/mol. The lowest BCUT2D eigenvalue weighted by Crippen LogP contribution is -2.03. The molecule has 0 radical (unpaired) electrons. The SMILES string of the molecule is COC(=O)c1noc(N)c1-c1ccc(O)cc1. The van der Waals surface area contributed by atoms with Crippen LogP contribution in [-0.4, -0.2) is 23.3 Å². The number of hydrogen-bond donors (Lipinski definition) is 2. The van der Waals surface area contributed by atoms with Crippen LogP contribution in [0.3, 0.4) is 0 Å². The van der Waals surface area contributed by atoms with Gasteiger partial charge < -0.3 is 20.1 Å². The van der Waals surface area contributed by atoms with E-state index in [1.807, 2.05) is 0 Å². The number of phenols is 1. The second-order valence-electron chi connectivity index (χ2n) is 3.31. The molecule has 6 heteroatoms. The summed E-state index contributed by atoms with van der Waals surface area (Å²) >= 11 is 0. The number of anilines is 1. The van der Waals surface area contributed by atoms with Crippen LogP contribution in [0, 0.1) is 0 Å². The summed E-state index contributed by atoms with van der Waals surface area (Å²) in [6, 6.07) is 6.15. The summed E-state index contributed by atoms with van der Waals surface area (Å²) in [5.41, 5.74) is 6.59. The van der Waals surface area contributed by atoms with Crippen molar-refractivity contribution in [3.05, 3.63) is 30.0 Å². The van der Waals surface area contributed by atoms with Gasteiger partial charge in [-0.25, -0.2) is 4.79 Å². The summed E-state index contributed by atoms with van der Waals surface area (Å²) in [5, 5.41) is 12.7. The zero-order chi connectivity index (χ0) is 12.4. The third kappa shape index (κ3) is 1.92. The number of carbonyl (C=O) groups is 1. The normalized spacial score (nSPS) is 10.2. The predicted octanol–water partition coefficient (Wildman–Crippen LogP) is 1.42. The Morgan fingerprint density at radius 2 is 2.06 bits per heavy atom. The van der Waals surface area contributed by atoms with Crippen LogP contribution in [0.25, 0.3) is 11.1 Å². The molecule has 0 unspecified atom stereocenters. The zero-order valence-corrected chi connectivity index (χ0v) is 9.01. The maximum absolute atomic E-state index is 11.4. The number of hydrogen-bond acceptors (Lipinski definition) is 6. The summed E-state index contributed by atoms with van der Waals surface area (Å²) < 4.78 is 9.34. The molecule has 3 N–H and O–H groups in total. The van der Waals surface area contributed by atoms with Crippen molar-refractivity contribution in [1.29, 1.82) is 0 Å². The minimum atomic E-state index is -0.631. The molecule has 0 saturated carbocycles.